The Morgan fingerprint density at radius 2 is 2.05 bits per heavy atom. The summed E-state index contributed by atoms with van der Waals surface area (Å²) >= 11 is 1.76. The summed E-state index contributed by atoms with van der Waals surface area (Å²) in [5.74, 6) is 0.930. The monoisotopic (exact) mass is 276 g/mol. The van der Waals surface area contributed by atoms with Crippen LogP contribution in [-0.4, -0.2) is 12.1 Å². The summed E-state index contributed by atoms with van der Waals surface area (Å²) in [7, 11) is 1.71. The number of methoxy groups -OCH3 is 1. The summed E-state index contributed by atoms with van der Waals surface area (Å²) in [4.78, 5) is 5.79. The number of rotatable bonds is 5. The molecule has 0 aliphatic rings. The van der Waals surface area contributed by atoms with Gasteiger partial charge in [-0.15, -0.1) is 11.3 Å². The SMILES string of the molecule is COc1ccccc1CNC(C)c1sc(C)nc1C. The van der Waals surface area contributed by atoms with E-state index in [-0.39, 0.29) is 0 Å². The molecule has 3 nitrogen and oxygen atoms in total. The third-order valence-corrected chi connectivity index (χ3v) is 4.38. The first-order valence-corrected chi connectivity index (χ1v) is 7.22. The molecule has 0 saturated heterocycles. The maximum absolute atomic E-state index is 5.36. The average Bonchev–Trinajstić information content (AvgIpc) is 2.75. The van der Waals surface area contributed by atoms with Crippen LogP contribution in [0.4, 0.5) is 0 Å². The number of aromatic nitrogens is 1. The molecular weight excluding hydrogens is 256 g/mol. The summed E-state index contributed by atoms with van der Waals surface area (Å²) in [6.07, 6.45) is 0. The molecule has 1 aromatic carbocycles. The second kappa shape index (κ2) is 6.17. The summed E-state index contributed by atoms with van der Waals surface area (Å²) in [6, 6.07) is 8.40. The molecule has 1 aromatic heterocycles. The van der Waals surface area contributed by atoms with Crippen molar-refractivity contribution in [2.75, 3.05) is 7.11 Å². The number of hydrogen-bond donors (Lipinski definition) is 1. The van der Waals surface area contributed by atoms with E-state index in [0.29, 0.717) is 6.04 Å². The van der Waals surface area contributed by atoms with E-state index in [0.717, 1.165) is 23.0 Å². The van der Waals surface area contributed by atoms with E-state index < -0.39 is 0 Å². The zero-order valence-corrected chi connectivity index (χ0v) is 12.7. The van der Waals surface area contributed by atoms with E-state index >= 15 is 0 Å². The number of nitrogens with one attached hydrogen (secondary N) is 1. The van der Waals surface area contributed by atoms with Crippen molar-refractivity contribution in [3.05, 3.63) is 45.4 Å². The number of para-hydroxylation sites is 1. The fraction of sp³-hybridized carbons (Fsp3) is 0.400. The third-order valence-electron chi connectivity index (χ3n) is 3.12. The molecule has 1 atom stereocenters. The molecule has 0 bridgehead atoms. The zero-order valence-electron chi connectivity index (χ0n) is 11.9. The third kappa shape index (κ3) is 3.33. The lowest BCUT2D eigenvalue weighted by molar-refractivity contribution is 0.406. The molecule has 0 saturated carbocycles. The van der Waals surface area contributed by atoms with Crippen LogP contribution in [0.15, 0.2) is 24.3 Å². The molecule has 0 radical (unpaired) electrons. The van der Waals surface area contributed by atoms with Crippen LogP contribution in [0.1, 0.15) is 34.1 Å². The van der Waals surface area contributed by atoms with Crippen LogP contribution in [0.2, 0.25) is 0 Å². The van der Waals surface area contributed by atoms with Crippen molar-refractivity contribution in [1.29, 1.82) is 0 Å². The highest BCUT2D eigenvalue weighted by molar-refractivity contribution is 7.11. The molecule has 0 amide bonds. The molecule has 1 heterocycles. The largest absolute Gasteiger partial charge is 0.496 e. The Balaban J connectivity index is 2.04. The Kier molecular flexibility index (Phi) is 4.56. The lowest BCUT2D eigenvalue weighted by Crippen LogP contribution is -2.18. The van der Waals surface area contributed by atoms with Crippen molar-refractivity contribution in [2.45, 2.75) is 33.4 Å². The first kappa shape index (κ1) is 14.0. The summed E-state index contributed by atoms with van der Waals surface area (Å²) < 4.78 is 5.36. The van der Waals surface area contributed by atoms with E-state index in [1.54, 1.807) is 18.4 Å². The van der Waals surface area contributed by atoms with E-state index in [2.05, 4.69) is 30.2 Å². The lowest BCUT2D eigenvalue weighted by atomic mass is 10.1. The van der Waals surface area contributed by atoms with Crippen molar-refractivity contribution in [3.8, 4) is 5.75 Å². The quantitative estimate of drug-likeness (QED) is 0.905. The number of ether oxygens (including phenoxy) is 1. The van der Waals surface area contributed by atoms with Crippen molar-refractivity contribution >= 4 is 11.3 Å². The molecule has 4 heteroatoms. The van der Waals surface area contributed by atoms with Crippen LogP contribution in [0, 0.1) is 13.8 Å². The second-order valence-corrected chi connectivity index (χ2v) is 5.83. The molecule has 1 unspecified atom stereocenters. The number of hydrogen-bond acceptors (Lipinski definition) is 4. The fourth-order valence-electron chi connectivity index (χ4n) is 2.15. The first-order chi connectivity index (χ1) is 9.11. The van der Waals surface area contributed by atoms with Crippen molar-refractivity contribution in [2.24, 2.45) is 0 Å². The molecular formula is C15H20N2OS. The van der Waals surface area contributed by atoms with E-state index in [4.69, 9.17) is 4.74 Å². The Hall–Kier alpha value is -1.39. The molecule has 0 spiro atoms. The van der Waals surface area contributed by atoms with Gasteiger partial charge in [0.1, 0.15) is 5.75 Å². The molecule has 1 N–H and O–H groups in total. The smallest absolute Gasteiger partial charge is 0.123 e. The van der Waals surface area contributed by atoms with Gasteiger partial charge in [-0.2, -0.15) is 0 Å². The van der Waals surface area contributed by atoms with Gasteiger partial charge in [-0.05, 0) is 26.8 Å². The normalized spacial score (nSPS) is 12.4. The number of nitrogens with zero attached hydrogens (tertiary/aromatic N) is 1. The van der Waals surface area contributed by atoms with Gasteiger partial charge in [-0.25, -0.2) is 4.98 Å². The summed E-state index contributed by atoms with van der Waals surface area (Å²) in [5.41, 5.74) is 2.30. The Morgan fingerprint density at radius 1 is 1.32 bits per heavy atom. The van der Waals surface area contributed by atoms with Crippen LogP contribution in [0.5, 0.6) is 5.75 Å². The number of benzene rings is 1. The highest BCUT2D eigenvalue weighted by Crippen LogP contribution is 2.25. The number of aryl methyl sites for hydroxylation is 2. The van der Waals surface area contributed by atoms with Gasteiger partial charge in [-0.3, -0.25) is 0 Å². The lowest BCUT2D eigenvalue weighted by Gasteiger charge is -2.14. The first-order valence-electron chi connectivity index (χ1n) is 6.41. The Morgan fingerprint density at radius 3 is 2.68 bits per heavy atom. The summed E-state index contributed by atoms with van der Waals surface area (Å²) in [5, 5.41) is 4.66. The maximum Gasteiger partial charge on any atom is 0.123 e. The van der Waals surface area contributed by atoms with Gasteiger partial charge in [0.25, 0.3) is 0 Å². The standard InChI is InChI=1S/C15H20N2OS/c1-10(15-11(2)17-12(3)19-15)16-9-13-7-5-6-8-14(13)18-4/h5-8,10,16H,9H2,1-4H3. The Bertz CT molecular complexity index is 551. The van der Waals surface area contributed by atoms with E-state index in [1.807, 2.05) is 25.1 Å². The van der Waals surface area contributed by atoms with Gasteiger partial charge >= 0.3 is 0 Å². The van der Waals surface area contributed by atoms with Crippen LogP contribution in [0.3, 0.4) is 0 Å². The predicted octanol–water partition coefficient (Wildman–Crippen LogP) is 3.62. The Labute approximate surface area is 118 Å². The zero-order chi connectivity index (χ0) is 13.8. The molecule has 19 heavy (non-hydrogen) atoms. The molecule has 2 aromatic rings. The molecule has 0 aliphatic heterocycles. The highest BCUT2D eigenvalue weighted by Gasteiger charge is 2.13. The van der Waals surface area contributed by atoms with Crippen LogP contribution < -0.4 is 10.1 Å². The van der Waals surface area contributed by atoms with Crippen LogP contribution in [0.25, 0.3) is 0 Å². The molecule has 102 valence electrons. The van der Waals surface area contributed by atoms with Crippen molar-refractivity contribution in [3.63, 3.8) is 0 Å². The van der Waals surface area contributed by atoms with Gasteiger partial charge in [-0.1, -0.05) is 18.2 Å². The minimum Gasteiger partial charge on any atom is -0.496 e. The average molecular weight is 276 g/mol. The minimum atomic E-state index is 0.302. The van der Waals surface area contributed by atoms with E-state index in [1.165, 1.54) is 10.4 Å². The van der Waals surface area contributed by atoms with Gasteiger partial charge in [0.05, 0.1) is 17.8 Å². The fourth-order valence-corrected chi connectivity index (χ4v) is 3.11. The number of thiazole rings is 1. The topological polar surface area (TPSA) is 34.1 Å². The molecule has 0 aliphatic carbocycles. The van der Waals surface area contributed by atoms with Gasteiger partial charge in [0, 0.05) is 23.0 Å². The summed E-state index contributed by atoms with van der Waals surface area (Å²) in [6.45, 7) is 7.09. The van der Waals surface area contributed by atoms with Gasteiger partial charge < -0.3 is 10.1 Å². The van der Waals surface area contributed by atoms with Crippen molar-refractivity contribution < 1.29 is 4.74 Å². The van der Waals surface area contributed by atoms with Gasteiger partial charge in [0.2, 0.25) is 0 Å². The van der Waals surface area contributed by atoms with Crippen LogP contribution in [-0.2, 0) is 6.54 Å². The highest BCUT2D eigenvalue weighted by atomic mass is 32.1. The maximum atomic E-state index is 5.36. The van der Waals surface area contributed by atoms with Crippen molar-refractivity contribution in [1.82, 2.24) is 10.3 Å². The minimum absolute atomic E-state index is 0.302. The second-order valence-electron chi connectivity index (χ2n) is 4.60. The van der Waals surface area contributed by atoms with Gasteiger partial charge in [0.15, 0.2) is 0 Å². The van der Waals surface area contributed by atoms with Crippen LogP contribution >= 0.6 is 11.3 Å². The molecule has 2 rings (SSSR count). The molecule has 0 fully saturated rings. The van der Waals surface area contributed by atoms with E-state index in [9.17, 15) is 0 Å². The predicted molar refractivity (Wildman–Crippen MR) is 79.8 cm³/mol.